The van der Waals surface area contributed by atoms with Crippen LogP contribution in [0.2, 0.25) is 0 Å². The number of methoxy groups -OCH3 is 1. The summed E-state index contributed by atoms with van der Waals surface area (Å²) in [4.78, 5) is 12.1. The minimum atomic E-state index is -0.328. The molecule has 3 aromatic rings. The third kappa shape index (κ3) is 5.20. The fraction of sp³-hybridized carbons (Fsp3) is 0.250. The maximum atomic E-state index is 12.1. The van der Waals surface area contributed by atoms with E-state index in [-0.39, 0.29) is 23.5 Å². The maximum Gasteiger partial charge on any atom is 0.234 e. The van der Waals surface area contributed by atoms with Gasteiger partial charge in [-0.2, -0.15) is 0 Å². The molecule has 0 spiro atoms. The minimum absolute atomic E-state index is 0.0244. The van der Waals surface area contributed by atoms with E-state index < -0.39 is 0 Å². The lowest BCUT2D eigenvalue weighted by molar-refractivity contribution is -0.113. The normalized spacial score (nSPS) is 11.7. The van der Waals surface area contributed by atoms with E-state index in [0.29, 0.717) is 22.4 Å². The first-order valence-corrected chi connectivity index (χ1v) is 9.87. The number of para-hydroxylation sites is 2. The molecular formula is C20H22N4O4S. The van der Waals surface area contributed by atoms with E-state index >= 15 is 0 Å². The van der Waals surface area contributed by atoms with E-state index in [4.69, 9.17) is 9.47 Å². The molecule has 152 valence electrons. The SMILES string of the molecule is COc1ccc(OC(C)c2nnc(SCC(=O)Nc3ccccc3O)n2C)cc1. The first-order valence-electron chi connectivity index (χ1n) is 8.88. The van der Waals surface area contributed by atoms with Crippen molar-refractivity contribution in [2.75, 3.05) is 18.2 Å². The Labute approximate surface area is 172 Å². The fourth-order valence-corrected chi connectivity index (χ4v) is 3.33. The second-order valence-electron chi connectivity index (χ2n) is 6.19. The number of benzene rings is 2. The molecule has 29 heavy (non-hydrogen) atoms. The molecule has 9 heteroatoms. The summed E-state index contributed by atoms with van der Waals surface area (Å²) >= 11 is 1.25. The van der Waals surface area contributed by atoms with Crippen LogP contribution in [0.4, 0.5) is 5.69 Å². The predicted molar refractivity (Wildman–Crippen MR) is 111 cm³/mol. The second-order valence-corrected chi connectivity index (χ2v) is 7.13. The molecule has 1 atom stereocenters. The molecular weight excluding hydrogens is 392 g/mol. The number of ether oxygens (including phenoxy) is 2. The zero-order chi connectivity index (χ0) is 20.8. The topological polar surface area (TPSA) is 98.5 Å². The van der Waals surface area contributed by atoms with E-state index in [1.165, 1.54) is 17.8 Å². The molecule has 0 bridgehead atoms. The average molecular weight is 414 g/mol. The van der Waals surface area contributed by atoms with Crippen molar-refractivity contribution in [3.8, 4) is 17.2 Å². The van der Waals surface area contributed by atoms with Gasteiger partial charge in [-0.1, -0.05) is 23.9 Å². The zero-order valence-electron chi connectivity index (χ0n) is 16.3. The number of hydrogen-bond acceptors (Lipinski definition) is 7. The Morgan fingerprint density at radius 1 is 1.17 bits per heavy atom. The van der Waals surface area contributed by atoms with Crippen LogP contribution in [0.1, 0.15) is 18.9 Å². The summed E-state index contributed by atoms with van der Waals surface area (Å²) in [5.41, 5.74) is 0.373. The van der Waals surface area contributed by atoms with Crippen molar-refractivity contribution in [2.24, 2.45) is 7.05 Å². The molecule has 0 aliphatic heterocycles. The summed E-state index contributed by atoms with van der Waals surface area (Å²) in [7, 11) is 3.44. The molecule has 2 aromatic carbocycles. The maximum absolute atomic E-state index is 12.1. The number of aromatic hydroxyl groups is 1. The van der Waals surface area contributed by atoms with E-state index in [0.717, 1.165) is 5.75 Å². The third-order valence-electron chi connectivity index (χ3n) is 4.11. The van der Waals surface area contributed by atoms with E-state index in [9.17, 15) is 9.90 Å². The van der Waals surface area contributed by atoms with Crippen LogP contribution in [0.25, 0.3) is 0 Å². The first-order chi connectivity index (χ1) is 14.0. The van der Waals surface area contributed by atoms with Gasteiger partial charge in [0.05, 0.1) is 18.6 Å². The van der Waals surface area contributed by atoms with Crippen molar-refractivity contribution in [1.82, 2.24) is 14.8 Å². The summed E-state index contributed by atoms with van der Waals surface area (Å²) in [5.74, 6) is 2.00. The summed E-state index contributed by atoms with van der Waals surface area (Å²) in [6.07, 6.45) is -0.328. The molecule has 0 aliphatic carbocycles. The van der Waals surface area contributed by atoms with Crippen molar-refractivity contribution in [3.63, 3.8) is 0 Å². The van der Waals surface area contributed by atoms with Crippen LogP contribution < -0.4 is 14.8 Å². The third-order valence-corrected chi connectivity index (χ3v) is 5.14. The molecule has 1 amide bonds. The number of hydrogen-bond donors (Lipinski definition) is 2. The van der Waals surface area contributed by atoms with Crippen molar-refractivity contribution in [2.45, 2.75) is 18.2 Å². The Hall–Kier alpha value is -3.20. The standard InChI is InChI=1S/C20H22N4O4S/c1-13(28-15-10-8-14(27-3)9-11-15)19-22-23-20(24(19)2)29-12-18(26)21-16-6-4-5-7-17(16)25/h4-11,13,25H,12H2,1-3H3,(H,21,26). The predicted octanol–water partition coefficient (Wildman–Crippen LogP) is 3.40. The van der Waals surface area contributed by atoms with Crippen LogP contribution in [0.3, 0.4) is 0 Å². The number of anilines is 1. The molecule has 8 nitrogen and oxygen atoms in total. The number of nitrogens with zero attached hydrogens (tertiary/aromatic N) is 3. The van der Waals surface area contributed by atoms with Gasteiger partial charge in [-0.05, 0) is 43.3 Å². The highest BCUT2D eigenvalue weighted by atomic mass is 32.2. The summed E-state index contributed by atoms with van der Waals surface area (Å²) in [6, 6.07) is 13.9. The van der Waals surface area contributed by atoms with Crippen LogP contribution in [0.5, 0.6) is 17.2 Å². The van der Waals surface area contributed by atoms with Crippen LogP contribution in [0.15, 0.2) is 53.7 Å². The van der Waals surface area contributed by atoms with Gasteiger partial charge >= 0.3 is 0 Å². The molecule has 0 saturated heterocycles. The molecule has 1 unspecified atom stereocenters. The number of aromatic nitrogens is 3. The van der Waals surface area contributed by atoms with Gasteiger partial charge < -0.3 is 24.5 Å². The Morgan fingerprint density at radius 2 is 1.86 bits per heavy atom. The van der Waals surface area contributed by atoms with E-state index in [1.807, 2.05) is 38.2 Å². The van der Waals surface area contributed by atoms with Crippen LogP contribution in [0, 0.1) is 0 Å². The number of rotatable bonds is 8. The smallest absolute Gasteiger partial charge is 0.234 e. The van der Waals surface area contributed by atoms with Crippen molar-refractivity contribution < 1.29 is 19.4 Å². The van der Waals surface area contributed by atoms with Crippen molar-refractivity contribution in [1.29, 1.82) is 0 Å². The van der Waals surface area contributed by atoms with Crippen LogP contribution in [-0.2, 0) is 11.8 Å². The molecule has 0 saturated carbocycles. The highest BCUT2D eigenvalue weighted by molar-refractivity contribution is 7.99. The van der Waals surface area contributed by atoms with Gasteiger partial charge in [0.15, 0.2) is 17.1 Å². The summed E-state index contributed by atoms with van der Waals surface area (Å²) < 4.78 is 12.9. The van der Waals surface area contributed by atoms with Gasteiger partial charge in [0.25, 0.3) is 0 Å². The number of amides is 1. The fourth-order valence-electron chi connectivity index (χ4n) is 2.61. The monoisotopic (exact) mass is 414 g/mol. The molecule has 0 fully saturated rings. The Morgan fingerprint density at radius 3 is 2.55 bits per heavy atom. The number of phenolic OH excluding ortho intramolecular Hbond substituents is 1. The van der Waals surface area contributed by atoms with Gasteiger partial charge in [-0.15, -0.1) is 10.2 Å². The van der Waals surface area contributed by atoms with E-state index in [1.54, 1.807) is 29.9 Å². The van der Waals surface area contributed by atoms with Gasteiger partial charge in [-0.3, -0.25) is 4.79 Å². The highest BCUT2D eigenvalue weighted by Gasteiger charge is 2.18. The van der Waals surface area contributed by atoms with Crippen molar-refractivity contribution >= 4 is 23.4 Å². The molecule has 2 N–H and O–H groups in total. The number of phenols is 1. The second kappa shape index (κ2) is 9.33. The Bertz CT molecular complexity index is 975. The molecule has 0 aliphatic rings. The van der Waals surface area contributed by atoms with Gasteiger partial charge in [-0.25, -0.2) is 0 Å². The minimum Gasteiger partial charge on any atom is -0.506 e. The summed E-state index contributed by atoms with van der Waals surface area (Å²) in [5, 5.41) is 21.3. The zero-order valence-corrected chi connectivity index (χ0v) is 17.1. The van der Waals surface area contributed by atoms with E-state index in [2.05, 4.69) is 15.5 Å². The quantitative estimate of drug-likeness (QED) is 0.430. The average Bonchev–Trinajstić information content (AvgIpc) is 3.09. The Balaban J connectivity index is 1.58. The lowest BCUT2D eigenvalue weighted by Gasteiger charge is -2.14. The lowest BCUT2D eigenvalue weighted by atomic mass is 10.3. The van der Waals surface area contributed by atoms with Crippen molar-refractivity contribution in [3.05, 3.63) is 54.4 Å². The molecule has 0 radical (unpaired) electrons. The van der Waals surface area contributed by atoms with Gasteiger partial charge in [0.2, 0.25) is 5.91 Å². The van der Waals surface area contributed by atoms with Crippen LogP contribution in [-0.4, -0.2) is 38.6 Å². The highest BCUT2D eigenvalue weighted by Crippen LogP contribution is 2.26. The number of thioether (sulfide) groups is 1. The Kier molecular flexibility index (Phi) is 6.61. The molecule has 1 heterocycles. The molecule has 3 rings (SSSR count). The number of nitrogens with one attached hydrogen (secondary N) is 1. The first kappa shape index (κ1) is 20.5. The van der Waals surface area contributed by atoms with Gasteiger partial charge in [0.1, 0.15) is 17.2 Å². The number of carbonyl (C=O) groups excluding carboxylic acids is 1. The van der Waals surface area contributed by atoms with Gasteiger partial charge in [0, 0.05) is 7.05 Å². The number of carbonyl (C=O) groups is 1. The summed E-state index contributed by atoms with van der Waals surface area (Å²) in [6.45, 7) is 1.88. The largest absolute Gasteiger partial charge is 0.506 e. The molecule has 1 aromatic heterocycles. The lowest BCUT2D eigenvalue weighted by Crippen LogP contribution is -2.15. The van der Waals surface area contributed by atoms with Crippen LogP contribution >= 0.6 is 11.8 Å².